The van der Waals surface area contributed by atoms with Crippen LogP contribution in [0.2, 0.25) is 0 Å². The molecule has 0 aliphatic heterocycles. The zero-order chi connectivity index (χ0) is 15.2. The van der Waals surface area contributed by atoms with Crippen LogP contribution in [0.25, 0.3) is 0 Å². The van der Waals surface area contributed by atoms with Gasteiger partial charge in [0.25, 0.3) is 5.69 Å². The first-order chi connectivity index (χ1) is 10.2. The van der Waals surface area contributed by atoms with Crippen molar-refractivity contribution in [2.24, 2.45) is 0 Å². The molecule has 110 valence electrons. The molecule has 0 radical (unpaired) electrons. The van der Waals surface area contributed by atoms with E-state index in [0.717, 1.165) is 11.3 Å². The lowest BCUT2D eigenvalue weighted by Crippen LogP contribution is -2.23. The summed E-state index contributed by atoms with van der Waals surface area (Å²) in [5.41, 5.74) is 2.53. The zero-order valence-corrected chi connectivity index (χ0v) is 13.3. The van der Waals surface area contributed by atoms with Crippen molar-refractivity contribution in [3.05, 3.63) is 64.0 Å². The van der Waals surface area contributed by atoms with Gasteiger partial charge in [0.2, 0.25) is 0 Å². The molecule has 0 spiro atoms. The molecule has 1 aromatic heterocycles. The van der Waals surface area contributed by atoms with E-state index in [0.29, 0.717) is 24.1 Å². The maximum atomic E-state index is 11.3. The topological polar surface area (TPSA) is 59.3 Å². The van der Waals surface area contributed by atoms with Gasteiger partial charge >= 0.3 is 0 Å². The van der Waals surface area contributed by atoms with E-state index >= 15 is 0 Å². The fourth-order valence-electron chi connectivity index (χ4n) is 2.12. The summed E-state index contributed by atoms with van der Waals surface area (Å²) >= 11 is 3.33. The number of halogens is 1. The van der Waals surface area contributed by atoms with Crippen molar-refractivity contribution in [1.29, 1.82) is 0 Å². The summed E-state index contributed by atoms with van der Waals surface area (Å²) < 4.78 is 0. The van der Waals surface area contributed by atoms with E-state index in [1.807, 2.05) is 36.1 Å². The number of alkyl halides is 1. The summed E-state index contributed by atoms with van der Waals surface area (Å²) in [7, 11) is 0. The van der Waals surface area contributed by atoms with Gasteiger partial charge in [0.15, 0.2) is 0 Å². The van der Waals surface area contributed by atoms with Crippen LogP contribution in [-0.4, -0.2) is 16.5 Å². The summed E-state index contributed by atoms with van der Waals surface area (Å²) in [4.78, 5) is 17.2. The molecule has 1 heterocycles. The number of anilines is 1. The minimum absolute atomic E-state index is 0.129. The largest absolute Gasteiger partial charge is 0.360 e. The third-order valence-corrected chi connectivity index (χ3v) is 3.84. The summed E-state index contributed by atoms with van der Waals surface area (Å²) in [6.07, 6.45) is 1.73. The van der Waals surface area contributed by atoms with Crippen molar-refractivity contribution < 1.29 is 4.92 Å². The summed E-state index contributed by atoms with van der Waals surface area (Å²) in [6, 6.07) is 11.0. The van der Waals surface area contributed by atoms with Crippen LogP contribution in [-0.2, 0) is 11.9 Å². The highest BCUT2D eigenvalue weighted by molar-refractivity contribution is 9.08. The molecule has 0 saturated heterocycles. The molecule has 0 aliphatic carbocycles. The van der Waals surface area contributed by atoms with Gasteiger partial charge < -0.3 is 4.90 Å². The van der Waals surface area contributed by atoms with Gasteiger partial charge in [-0.2, -0.15) is 0 Å². The standard InChI is InChI=1S/C15H16BrN3O2/c1-2-18(11-13-5-3-4-8-17-13)14-7-6-12(10-16)9-15(14)19(20)21/h3-9H,2,10-11H2,1H3. The van der Waals surface area contributed by atoms with Crippen LogP contribution >= 0.6 is 15.9 Å². The van der Waals surface area contributed by atoms with E-state index in [1.54, 1.807) is 18.3 Å². The van der Waals surface area contributed by atoms with Crippen molar-refractivity contribution in [2.45, 2.75) is 18.8 Å². The van der Waals surface area contributed by atoms with Crippen molar-refractivity contribution in [1.82, 2.24) is 4.98 Å². The number of pyridine rings is 1. The molecule has 0 aliphatic rings. The Hall–Kier alpha value is -1.95. The predicted octanol–water partition coefficient (Wildman–Crippen LogP) is 3.91. The first kappa shape index (κ1) is 15.4. The normalized spacial score (nSPS) is 10.4. The molecule has 0 saturated carbocycles. The maximum Gasteiger partial charge on any atom is 0.292 e. The number of hydrogen-bond donors (Lipinski definition) is 0. The van der Waals surface area contributed by atoms with E-state index in [1.165, 1.54) is 0 Å². The molecule has 0 unspecified atom stereocenters. The monoisotopic (exact) mass is 349 g/mol. The fraction of sp³-hybridized carbons (Fsp3) is 0.267. The number of rotatable bonds is 6. The molecule has 6 heteroatoms. The summed E-state index contributed by atoms with van der Waals surface area (Å²) in [5, 5.41) is 11.9. The Morgan fingerprint density at radius 1 is 1.33 bits per heavy atom. The molecule has 0 atom stereocenters. The smallest absolute Gasteiger partial charge is 0.292 e. The molecule has 0 fully saturated rings. The van der Waals surface area contributed by atoms with E-state index in [4.69, 9.17) is 0 Å². The van der Waals surface area contributed by atoms with Gasteiger partial charge in [0.1, 0.15) is 5.69 Å². The van der Waals surface area contributed by atoms with Crippen molar-refractivity contribution in [3.63, 3.8) is 0 Å². The third kappa shape index (κ3) is 3.78. The molecule has 1 aromatic carbocycles. The lowest BCUT2D eigenvalue weighted by atomic mass is 10.1. The Bertz CT molecular complexity index is 620. The number of benzene rings is 1. The molecule has 0 amide bonds. The number of nitro benzene ring substituents is 1. The Morgan fingerprint density at radius 3 is 2.71 bits per heavy atom. The highest BCUT2D eigenvalue weighted by atomic mass is 79.9. The number of hydrogen-bond acceptors (Lipinski definition) is 4. The second kappa shape index (κ2) is 7.17. The third-order valence-electron chi connectivity index (χ3n) is 3.19. The van der Waals surface area contributed by atoms with E-state index in [-0.39, 0.29) is 10.6 Å². The van der Waals surface area contributed by atoms with E-state index in [9.17, 15) is 10.1 Å². The quantitative estimate of drug-likeness (QED) is 0.450. The zero-order valence-electron chi connectivity index (χ0n) is 11.7. The van der Waals surface area contributed by atoms with Gasteiger partial charge in [-0.15, -0.1) is 0 Å². The van der Waals surface area contributed by atoms with Gasteiger partial charge in [-0.25, -0.2) is 0 Å². The van der Waals surface area contributed by atoms with Crippen LogP contribution in [0, 0.1) is 10.1 Å². The minimum Gasteiger partial charge on any atom is -0.360 e. The van der Waals surface area contributed by atoms with Crippen molar-refractivity contribution in [3.8, 4) is 0 Å². The molecule has 0 bridgehead atoms. The summed E-state index contributed by atoms with van der Waals surface area (Å²) in [5.74, 6) is 0. The fourth-order valence-corrected chi connectivity index (χ4v) is 2.47. The van der Waals surface area contributed by atoms with Crippen LogP contribution in [0.15, 0.2) is 42.6 Å². The average molecular weight is 350 g/mol. The Balaban J connectivity index is 2.35. The van der Waals surface area contributed by atoms with Crippen LogP contribution in [0.3, 0.4) is 0 Å². The van der Waals surface area contributed by atoms with Crippen LogP contribution in [0.4, 0.5) is 11.4 Å². The SMILES string of the molecule is CCN(Cc1ccccn1)c1ccc(CBr)cc1[N+](=O)[O-]. The highest BCUT2D eigenvalue weighted by Crippen LogP contribution is 2.30. The van der Waals surface area contributed by atoms with Gasteiger partial charge in [0, 0.05) is 24.1 Å². The van der Waals surface area contributed by atoms with Gasteiger partial charge in [-0.3, -0.25) is 15.1 Å². The Morgan fingerprint density at radius 2 is 2.14 bits per heavy atom. The maximum absolute atomic E-state index is 11.3. The Kier molecular flexibility index (Phi) is 5.27. The molecule has 0 N–H and O–H groups in total. The lowest BCUT2D eigenvalue weighted by molar-refractivity contribution is -0.384. The van der Waals surface area contributed by atoms with Crippen molar-refractivity contribution >= 4 is 27.3 Å². The molecule has 21 heavy (non-hydrogen) atoms. The highest BCUT2D eigenvalue weighted by Gasteiger charge is 2.19. The lowest BCUT2D eigenvalue weighted by Gasteiger charge is -2.22. The molecule has 5 nitrogen and oxygen atoms in total. The van der Waals surface area contributed by atoms with E-state index < -0.39 is 0 Å². The molecule has 2 aromatic rings. The molecular formula is C15H16BrN3O2. The number of nitro groups is 1. The minimum atomic E-state index is -0.331. The second-order valence-electron chi connectivity index (χ2n) is 4.55. The molecular weight excluding hydrogens is 334 g/mol. The summed E-state index contributed by atoms with van der Waals surface area (Å²) in [6.45, 7) is 3.20. The van der Waals surface area contributed by atoms with Crippen LogP contribution < -0.4 is 4.90 Å². The van der Waals surface area contributed by atoms with Gasteiger partial charge in [-0.05, 0) is 30.7 Å². The average Bonchev–Trinajstić information content (AvgIpc) is 2.53. The van der Waals surface area contributed by atoms with Crippen LogP contribution in [0.1, 0.15) is 18.2 Å². The predicted molar refractivity (Wildman–Crippen MR) is 86.7 cm³/mol. The van der Waals surface area contributed by atoms with Gasteiger partial charge in [-0.1, -0.05) is 28.1 Å². The first-order valence-corrected chi connectivity index (χ1v) is 7.76. The molecule has 2 rings (SSSR count). The second-order valence-corrected chi connectivity index (χ2v) is 5.11. The number of nitrogens with zero attached hydrogens (tertiary/aromatic N) is 3. The first-order valence-electron chi connectivity index (χ1n) is 6.63. The van der Waals surface area contributed by atoms with E-state index in [2.05, 4.69) is 20.9 Å². The number of aromatic nitrogens is 1. The Labute approximate surface area is 131 Å². The van der Waals surface area contributed by atoms with Gasteiger partial charge in [0.05, 0.1) is 17.2 Å². The van der Waals surface area contributed by atoms with Crippen LogP contribution in [0.5, 0.6) is 0 Å². The van der Waals surface area contributed by atoms with Crippen molar-refractivity contribution in [2.75, 3.05) is 11.4 Å².